The van der Waals surface area contributed by atoms with Gasteiger partial charge in [0, 0.05) is 18.9 Å². The topological polar surface area (TPSA) is 60.2 Å². The second-order valence-corrected chi connectivity index (χ2v) is 3.86. The maximum atomic E-state index is 6.03. The van der Waals surface area contributed by atoms with Crippen LogP contribution in [0.4, 0.5) is 11.4 Å². The molecule has 1 aromatic carbocycles. The molecule has 18 heavy (non-hydrogen) atoms. The molecule has 0 atom stereocenters. The van der Waals surface area contributed by atoms with Crippen molar-refractivity contribution in [2.75, 3.05) is 17.7 Å². The number of anilines is 2. The Bertz CT molecular complexity index is 500. The Morgan fingerprint density at radius 2 is 2.00 bits per heavy atom. The number of nitrogens with zero attached hydrogens (tertiary/aromatic N) is 1. The molecule has 2 aromatic rings. The molecule has 4 heteroatoms. The summed E-state index contributed by atoms with van der Waals surface area (Å²) in [5, 5.41) is 3.30. The first kappa shape index (κ1) is 12.2. The van der Waals surface area contributed by atoms with Crippen molar-refractivity contribution in [1.82, 2.24) is 4.98 Å². The van der Waals surface area contributed by atoms with Crippen LogP contribution in [-0.4, -0.2) is 11.6 Å². The van der Waals surface area contributed by atoms with Gasteiger partial charge in [-0.15, -0.1) is 0 Å². The number of rotatable bonds is 5. The summed E-state index contributed by atoms with van der Waals surface area (Å²) >= 11 is 0. The van der Waals surface area contributed by atoms with Crippen LogP contribution < -0.4 is 15.8 Å². The highest BCUT2D eigenvalue weighted by molar-refractivity contribution is 5.72. The number of pyridine rings is 1. The van der Waals surface area contributed by atoms with E-state index in [1.54, 1.807) is 12.4 Å². The standard InChI is InChI=1S/C14H17N3O/c1-2-18-13-5-3-4-12(14(13)15)17-10-11-6-8-16-9-7-11/h3-9,17H,2,10,15H2,1H3. The number of benzene rings is 1. The Hall–Kier alpha value is -2.23. The molecule has 0 fully saturated rings. The first-order chi connectivity index (χ1) is 8.81. The fourth-order valence-electron chi connectivity index (χ4n) is 1.68. The average molecular weight is 243 g/mol. The molecule has 0 aliphatic carbocycles. The molecule has 3 N–H and O–H groups in total. The minimum atomic E-state index is 0.609. The lowest BCUT2D eigenvalue weighted by Gasteiger charge is -2.13. The van der Waals surface area contributed by atoms with Gasteiger partial charge in [0.2, 0.25) is 0 Å². The van der Waals surface area contributed by atoms with Crippen molar-refractivity contribution in [3.05, 3.63) is 48.3 Å². The molecule has 0 spiro atoms. The van der Waals surface area contributed by atoms with Crippen molar-refractivity contribution in [3.8, 4) is 5.75 Å². The summed E-state index contributed by atoms with van der Waals surface area (Å²) in [5.41, 5.74) is 8.73. The molecule has 0 aliphatic heterocycles. The monoisotopic (exact) mass is 243 g/mol. The van der Waals surface area contributed by atoms with E-state index in [2.05, 4.69) is 10.3 Å². The van der Waals surface area contributed by atoms with Gasteiger partial charge in [-0.25, -0.2) is 0 Å². The number of nitrogens with two attached hydrogens (primary N) is 1. The van der Waals surface area contributed by atoms with E-state index in [9.17, 15) is 0 Å². The lowest BCUT2D eigenvalue weighted by atomic mass is 10.2. The first-order valence-electron chi connectivity index (χ1n) is 5.95. The Balaban J connectivity index is 2.08. The minimum Gasteiger partial charge on any atom is -0.492 e. The van der Waals surface area contributed by atoms with Gasteiger partial charge >= 0.3 is 0 Å². The van der Waals surface area contributed by atoms with Crippen molar-refractivity contribution in [1.29, 1.82) is 0 Å². The van der Waals surface area contributed by atoms with Crippen molar-refractivity contribution in [3.63, 3.8) is 0 Å². The molecule has 0 saturated heterocycles. The maximum Gasteiger partial charge on any atom is 0.144 e. The van der Waals surface area contributed by atoms with Crippen LogP contribution in [0.15, 0.2) is 42.7 Å². The number of ether oxygens (including phenoxy) is 1. The Labute approximate surface area is 107 Å². The second kappa shape index (κ2) is 5.91. The maximum absolute atomic E-state index is 6.03. The zero-order valence-electron chi connectivity index (χ0n) is 10.4. The van der Waals surface area contributed by atoms with Gasteiger partial charge in [-0.3, -0.25) is 4.98 Å². The average Bonchev–Trinajstić information content (AvgIpc) is 2.41. The molecule has 2 rings (SSSR count). The van der Waals surface area contributed by atoms with Crippen molar-refractivity contribution < 1.29 is 4.74 Å². The highest BCUT2D eigenvalue weighted by Crippen LogP contribution is 2.29. The third-order valence-electron chi connectivity index (χ3n) is 2.60. The predicted molar refractivity (Wildman–Crippen MR) is 73.6 cm³/mol. The highest BCUT2D eigenvalue weighted by atomic mass is 16.5. The molecule has 94 valence electrons. The van der Waals surface area contributed by atoms with E-state index >= 15 is 0 Å². The third kappa shape index (κ3) is 2.91. The molecule has 0 bridgehead atoms. The van der Waals surface area contributed by atoms with Crippen LogP contribution in [0.25, 0.3) is 0 Å². The number of para-hydroxylation sites is 1. The highest BCUT2D eigenvalue weighted by Gasteiger charge is 2.04. The molecular weight excluding hydrogens is 226 g/mol. The molecule has 0 amide bonds. The molecule has 0 aliphatic rings. The van der Waals surface area contributed by atoms with Gasteiger partial charge in [0.15, 0.2) is 0 Å². The third-order valence-corrected chi connectivity index (χ3v) is 2.60. The summed E-state index contributed by atoms with van der Waals surface area (Å²) in [6, 6.07) is 9.68. The van der Waals surface area contributed by atoms with Crippen molar-refractivity contribution >= 4 is 11.4 Å². The van der Waals surface area contributed by atoms with E-state index in [0.29, 0.717) is 18.8 Å². The van der Waals surface area contributed by atoms with E-state index in [-0.39, 0.29) is 0 Å². The summed E-state index contributed by atoms with van der Waals surface area (Å²) in [6.45, 7) is 3.26. The fraction of sp³-hybridized carbons (Fsp3) is 0.214. The first-order valence-corrected chi connectivity index (χ1v) is 5.95. The van der Waals surface area contributed by atoms with Crippen LogP contribution in [0, 0.1) is 0 Å². The van der Waals surface area contributed by atoms with Gasteiger partial charge in [0.05, 0.1) is 18.0 Å². The van der Waals surface area contributed by atoms with Crippen LogP contribution >= 0.6 is 0 Å². The van der Waals surface area contributed by atoms with E-state index in [0.717, 1.165) is 17.0 Å². The SMILES string of the molecule is CCOc1cccc(NCc2ccncc2)c1N. The molecule has 1 heterocycles. The predicted octanol–water partition coefficient (Wildman–Crippen LogP) is 2.67. The zero-order valence-corrected chi connectivity index (χ0v) is 10.4. The van der Waals surface area contributed by atoms with Gasteiger partial charge in [-0.1, -0.05) is 6.07 Å². The van der Waals surface area contributed by atoms with Crippen molar-refractivity contribution in [2.24, 2.45) is 0 Å². The van der Waals surface area contributed by atoms with Crippen LogP contribution in [0.1, 0.15) is 12.5 Å². The van der Waals surface area contributed by atoms with Gasteiger partial charge in [-0.2, -0.15) is 0 Å². The number of nitrogens with one attached hydrogen (secondary N) is 1. The lowest BCUT2D eigenvalue weighted by molar-refractivity contribution is 0.342. The van der Waals surface area contributed by atoms with Crippen LogP contribution in [0.5, 0.6) is 5.75 Å². The molecule has 0 unspecified atom stereocenters. The van der Waals surface area contributed by atoms with E-state index in [1.165, 1.54) is 0 Å². The number of nitrogen functional groups attached to an aromatic ring is 1. The summed E-state index contributed by atoms with van der Waals surface area (Å²) in [4.78, 5) is 3.98. The van der Waals surface area contributed by atoms with Crippen molar-refractivity contribution in [2.45, 2.75) is 13.5 Å². The smallest absolute Gasteiger partial charge is 0.144 e. The fourth-order valence-corrected chi connectivity index (χ4v) is 1.68. The van der Waals surface area contributed by atoms with E-state index in [4.69, 9.17) is 10.5 Å². The summed E-state index contributed by atoms with van der Waals surface area (Å²) in [5.74, 6) is 0.720. The van der Waals surface area contributed by atoms with Crippen LogP contribution in [-0.2, 0) is 6.54 Å². The summed E-state index contributed by atoms with van der Waals surface area (Å²) < 4.78 is 5.45. The molecule has 1 aromatic heterocycles. The van der Waals surface area contributed by atoms with E-state index in [1.807, 2.05) is 37.3 Å². The molecule has 0 radical (unpaired) electrons. The van der Waals surface area contributed by atoms with Gasteiger partial charge in [0.25, 0.3) is 0 Å². The molecule has 4 nitrogen and oxygen atoms in total. The molecular formula is C14H17N3O. The summed E-state index contributed by atoms with van der Waals surface area (Å²) in [6.07, 6.45) is 3.55. The lowest BCUT2D eigenvalue weighted by Crippen LogP contribution is -2.04. The van der Waals surface area contributed by atoms with Crippen LogP contribution in [0.3, 0.4) is 0 Å². The summed E-state index contributed by atoms with van der Waals surface area (Å²) in [7, 11) is 0. The van der Waals surface area contributed by atoms with Gasteiger partial charge < -0.3 is 15.8 Å². The largest absolute Gasteiger partial charge is 0.492 e. The number of aromatic nitrogens is 1. The van der Waals surface area contributed by atoms with E-state index < -0.39 is 0 Å². The van der Waals surface area contributed by atoms with Gasteiger partial charge in [-0.05, 0) is 36.8 Å². The Kier molecular flexibility index (Phi) is 4.02. The van der Waals surface area contributed by atoms with Crippen LogP contribution in [0.2, 0.25) is 0 Å². The van der Waals surface area contributed by atoms with Gasteiger partial charge in [0.1, 0.15) is 5.75 Å². The Morgan fingerprint density at radius 1 is 1.22 bits per heavy atom. The number of hydrogen-bond donors (Lipinski definition) is 2. The second-order valence-electron chi connectivity index (χ2n) is 3.86. The normalized spacial score (nSPS) is 10.1. The number of hydrogen-bond acceptors (Lipinski definition) is 4. The minimum absolute atomic E-state index is 0.609. The Morgan fingerprint density at radius 3 is 2.72 bits per heavy atom. The quantitative estimate of drug-likeness (QED) is 0.793. The molecule has 0 saturated carbocycles. The zero-order chi connectivity index (χ0) is 12.8.